The van der Waals surface area contributed by atoms with Crippen molar-refractivity contribution < 1.29 is 8.42 Å². The standard InChI is InChI=1S/C12H11Cl2NO2S.C9H12/c1-2-5-18(16,17)15-8-9(7-13)11-6-10(14)3-4-12(11)15;1-8(2)9-6-4-3-5-7-9/h2-4,6,8H,1,5,7H2;3-8H,1-2H3. The smallest absolute Gasteiger partial charge is 0.242 e. The van der Waals surface area contributed by atoms with Gasteiger partial charge in [-0.25, -0.2) is 12.4 Å². The number of fused-ring (bicyclic) bond motifs is 1. The average Bonchev–Trinajstić information content (AvgIpc) is 3.01. The molecule has 0 radical (unpaired) electrons. The molecule has 1 aromatic heterocycles. The van der Waals surface area contributed by atoms with Gasteiger partial charge < -0.3 is 0 Å². The van der Waals surface area contributed by atoms with Gasteiger partial charge in [-0.15, -0.1) is 18.2 Å². The van der Waals surface area contributed by atoms with Crippen molar-refractivity contribution in [3.63, 3.8) is 0 Å². The van der Waals surface area contributed by atoms with Gasteiger partial charge in [0.2, 0.25) is 10.0 Å². The largest absolute Gasteiger partial charge is 0.244 e. The zero-order valence-electron chi connectivity index (χ0n) is 15.4. The molecule has 0 fully saturated rings. The normalized spacial score (nSPS) is 11.3. The van der Waals surface area contributed by atoms with Crippen LogP contribution in [0.3, 0.4) is 0 Å². The molecule has 0 amide bonds. The molecule has 3 aromatic rings. The second-order valence-electron chi connectivity index (χ2n) is 6.38. The molecule has 2 aromatic carbocycles. The highest BCUT2D eigenvalue weighted by Crippen LogP contribution is 2.27. The molecule has 0 unspecified atom stereocenters. The Labute approximate surface area is 171 Å². The summed E-state index contributed by atoms with van der Waals surface area (Å²) >= 11 is 11.7. The molecule has 3 rings (SSSR count). The predicted octanol–water partition coefficient (Wildman–Crippen LogP) is 6.21. The van der Waals surface area contributed by atoms with Crippen LogP contribution < -0.4 is 0 Å². The molecule has 0 aliphatic heterocycles. The van der Waals surface area contributed by atoms with E-state index in [1.54, 1.807) is 18.2 Å². The second-order valence-corrected chi connectivity index (χ2v) is 8.97. The fraction of sp³-hybridized carbons (Fsp3) is 0.238. The van der Waals surface area contributed by atoms with Crippen LogP contribution in [0.5, 0.6) is 0 Å². The van der Waals surface area contributed by atoms with Gasteiger partial charge in [0, 0.05) is 22.5 Å². The van der Waals surface area contributed by atoms with E-state index >= 15 is 0 Å². The fourth-order valence-corrected chi connectivity index (χ4v) is 4.23. The monoisotopic (exact) mass is 423 g/mol. The molecular weight excluding hydrogens is 401 g/mol. The predicted molar refractivity (Wildman–Crippen MR) is 116 cm³/mol. The summed E-state index contributed by atoms with van der Waals surface area (Å²) in [5.41, 5.74) is 2.73. The Kier molecular flexibility index (Phi) is 7.54. The lowest BCUT2D eigenvalue weighted by molar-refractivity contribution is 0.592. The van der Waals surface area contributed by atoms with Crippen molar-refractivity contribution in [1.29, 1.82) is 0 Å². The number of hydrogen-bond acceptors (Lipinski definition) is 2. The summed E-state index contributed by atoms with van der Waals surface area (Å²) < 4.78 is 25.4. The van der Waals surface area contributed by atoms with Gasteiger partial charge in [0.05, 0.1) is 11.3 Å². The molecule has 3 nitrogen and oxygen atoms in total. The van der Waals surface area contributed by atoms with Gasteiger partial charge in [0.25, 0.3) is 0 Å². The highest BCUT2D eigenvalue weighted by molar-refractivity contribution is 7.90. The third-order valence-electron chi connectivity index (χ3n) is 4.05. The number of nitrogens with zero attached hydrogens (tertiary/aromatic N) is 1. The Morgan fingerprint density at radius 3 is 2.33 bits per heavy atom. The van der Waals surface area contributed by atoms with Gasteiger partial charge in [-0.05, 0) is 35.2 Å². The van der Waals surface area contributed by atoms with Crippen molar-refractivity contribution in [3.8, 4) is 0 Å². The van der Waals surface area contributed by atoms with Crippen molar-refractivity contribution >= 4 is 44.1 Å². The molecule has 27 heavy (non-hydrogen) atoms. The number of benzene rings is 2. The van der Waals surface area contributed by atoms with Crippen molar-refractivity contribution in [2.45, 2.75) is 25.6 Å². The van der Waals surface area contributed by atoms with Crippen molar-refractivity contribution in [2.24, 2.45) is 0 Å². The van der Waals surface area contributed by atoms with Gasteiger partial charge in [0.15, 0.2) is 0 Å². The van der Waals surface area contributed by atoms with Crippen LogP contribution in [0.15, 0.2) is 67.4 Å². The van der Waals surface area contributed by atoms with Crippen LogP contribution in [0, 0.1) is 0 Å². The number of rotatable bonds is 5. The summed E-state index contributed by atoms with van der Waals surface area (Å²) in [6, 6.07) is 15.6. The van der Waals surface area contributed by atoms with Gasteiger partial charge in [-0.1, -0.05) is 61.9 Å². The Balaban J connectivity index is 0.000000244. The van der Waals surface area contributed by atoms with Crippen LogP contribution in [-0.4, -0.2) is 18.1 Å². The maximum absolute atomic E-state index is 12.1. The van der Waals surface area contributed by atoms with E-state index in [-0.39, 0.29) is 11.6 Å². The third-order valence-corrected chi connectivity index (χ3v) is 6.13. The van der Waals surface area contributed by atoms with Crippen molar-refractivity contribution in [3.05, 3.63) is 83.5 Å². The number of halogens is 2. The molecule has 0 saturated carbocycles. The minimum Gasteiger partial charge on any atom is -0.244 e. The quantitative estimate of drug-likeness (QED) is 0.361. The molecule has 0 N–H and O–H groups in total. The highest BCUT2D eigenvalue weighted by atomic mass is 35.5. The Bertz CT molecular complexity index is 1010. The minimum atomic E-state index is -3.44. The van der Waals surface area contributed by atoms with E-state index in [0.717, 1.165) is 10.9 Å². The van der Waals surface area contributed by atoms with Crippen LogP contribution in [0.4, 0.5) is 0 Å². The summed E-state index contributed by atoms with van der Waals surface area (Å²) in [5, 5.41) is 1.30. The summed E-state index contributed by atoms with van der Waals surface area (Å²) in [4.78, 5) is 0. The van der Waals surface area contributed by atoms with Crippen LogP contribution in [0.1, 0.15) is 30.9 Å². The topological polar surface area (TPSA) is 39.1 Å². The zero-order chi connectivity index (χ0) is 20.0. The van der Waals surface area contributed by atoms with E-state index in [0.29, 0.717) is 16.5 Å². The van der Waals surface area contributed by atoms with Crippen LogP contribution in [-0.2, 0) is 15.9 Å². The van der Waals surface area contributed by atoms with E-state index in [4.69, 9.17) is 23.2 Å². The molecule has 0 saturated heterocycles. The first-order valence-electron chi connectivity index (χ1n) is 8.54. The number of hydrogen-bond donors (Lipinski definition) is 0. The lowest BCUT2D eigenvalue weighted by Gasteiger charge is -2.04. The summed E-state index contributed by atoms with van der Waals surface area (Å²) in [6.45, 7) is 7.86. The van der Waals surface area contributed by atoms with Crippen molar-refractivity contribution in [2.75, 3.05) is 5.75 Å². The number of alkyl halides is 1. The Morgan fingerprint density at radius 2 is 1.81 bits per heavy atom. The molecule has 6 heteroatoms. The Hall–Kier alpha value is -1.75. The van der Waals surface area contributed by atoms with E-state index in [2.05, 4.69) is 44.7 Å². The van der Waals surface area contributed by atoms with Crippen LogP contribution in [0.25, 0.3) is 10.9 Å². The van der Waals surface area contributed by atoms with E-state index < -0.39 is 10.0 Å². The molecule has 0 aliphatic rings. The summed E-state index contributed by atoms with van der Waals surface area (Å²) in [5.74, 6) is 0.764. The van der Waals surface area contributed by atoms with Gasteiger partial charge in [-0.3, -0.25) is 0 Å². The zero-order valence-corrected chi connectivity index (χ0v) is 17.7. The first kappa shape index (κ1) is 21.5. The average molecular weight is 424 g/mol. The first-order valence-corrected chi connectivity index (χ1v) is 11.1. The SMILES string of the molecule is C=CCS(=O)(=O)n1cc(CCl)c2cc(Cl)ccc21.CC(C)c1ccccc1. The molecule has 0 aliphatic carbocycles. The van der Waals surface area contributed by atoms with E-state index in [9.17, 15) is 8.42 Å². The molecule has 1 heterocycles. The summed E-state index contributed by atoms with van der Waals surface area (Å²) in [7, 11) is -3.44. The molecular formula is C21H23Cl2NO2S. The summed E-state index contributed by atoms with van der Waals surface area (Å²) in [6.07, 6.45) is 2.89. The van der Waals surface area contributed by atoms with Crippen molar-refractivity contribution in [1.82, 2.24) is 3.97 Å². The maximum Gasteiger partial charge on any atom is 0.242 e. The fourth-order valence-electron chi connectivity index (χ4n) is 2.64. The Morgan fingerprint density at radius 1 is 1.15 bits per heavy atom. The minimum absolute atomic E-state index is 0.124. The van der Waals surface area contributed by atoms with Crippen LogP contribution >= 0.6 is 23.2 Å². The molecule has 0 bridgehead atoms. The first-order chi connectivity index (χ1) is 12.8. The molecule has 0 spiro atoms. The lowest BCUT2D eigenvalue weighted by atomic mass is 10.0. The lowest BCUT2D eigenvalue weighted by Crippen LogP contribution is -2.14. The third kappa shape index (κ3) is 5.38. The maximum atomic E-state index is 12.1. The van der Waals surface area contributed by atoms with Gasteiger partial charge in [-0.2, -0.15) is 0 Å². The number of aromatic nitrogens is 1. The second kappa shape index (κ2) is 9.45. The van der Waals surface area contributed by atoms with E-state index in [1.807, 2.05) is 6.07 Å². The molecule has 144 valence electrons. The van der Waals surface area contributed by atoms with Gasteiger partial charge >= 0.3 is 0 Å². The van der Waals surface area contributed by atoms with Crippen LogP contribution in [0.2, 0.25) is 5.02 Å². The molecule has 0 atom stereocenters. The van der Waals surface area contributed by atoms with Gasteiger partial charge in [0.1, 0.15) is 0 Å². The highest BCUT2D eigenvalue weighted by Gasteiger charge is 2.17. The van der Waals surface area contributed by atoms with E-state index in [1.165, 1.54) is 21.8 Å².